The molecule has 2 aliphatic heterocycles. The molecule has 0 amide bonds. The molecular formula is C10H14N4S. The number of thiol groups is 1. The highest BCUT2D eigenvalue weighted by molar-refractivity contribution is 7.84. The molecule has 0 atom stereocenters. The normalized spacial score (nSPS) is 24.9. The van der Waals surface area contributed by atoms with Crippen LogP contribution in [0.1, 0.15) is 25.7 Å². The highest BCUT2D eigenvalue weighted by Crippen LogP contribution is 2.34. The standard InChI is InChI=1S/C10H14N4S/c1-13-6-9-11-8-5-3-2-4-7(8)10(15)14(9)12-13/h6,12,15H,2-5H2,1H3. The largest absolute Gasteiger partial charge is 0.297 e. The lowest BCUT2D eigenvalue weighted by molar-refractivity contribution is 0.197. The van der Waals surface area contributed by atoms with Gasteiger partial charge in [-0.25, -0.2) is 10.0 Å². The Morgan fingerprint density at radius 2 is 2.20 bits per heavy atom. The van der Waals surface area contributed by atoms with Crippen LogP contribution in [-0.2, 0) is 0 Å². The van der Waals surface area contributed by atoms with Crippen molar-refractivity contribution < 1.29 is 0 Å². The number of hydrogen-bond acceptors (Lipinski definition) is 5. The molecule has 4 nitrogen and oxygen atoms in total. The molecule has 0 aromatic heterocycles. The molecule has 15 heavy (non-hydrogen) atoms. The van der Waals surface area contributed by atoms with Crippen molar-refractivity contribution in [1.29, 1.82) is 0 Å². The topological polar surface area (TPSA) is 30.9 Å². The van der Waals surface area contributed by atoms with E-state index in [4.69, 9.17) is 0 Å². The Morgan fingerprint density at radius 3 is 3.07 bits per heavy atom. The molecule has 80 valence electrons. The average molecular weight is 222 g/mol. The summed E-state index contributed by atoms with van der Waals surface area (Å²) >= 11 is 4.59. The van der Waals surface area contributed by atoms with E-state index in [1.54, 1.807) is 0 Å². The van der Waals surface area contributed by atoms with E-state index < -0.39 is 0 Å². The van der Waals surface area contributed by atoms with Gasteiger partial charge in [-0.05, 0) is 25.7 Å². The molecule has 5 heteroatoms. The summed E-state index contributed by atoms with van der Waals surface area (Å²) in [5.41, 5.74) is 5.71. The third kappa shape index (κ3) is 1.38. The molecule has 1 saturated carbocycles. The third-order valence-corrected chi connectivity index (χ3v) is 3.44. The summed E-state index contributed by atoms with van der Waals surface area (Å²) in [5.74, 6) is 0.947. The highest BCUT2D eigenvalue weighted by atomic mass is 32.1. The van der Waals surface area contributed by atoms with Crippen molar-refractivity contribution in [3.8, 4) is 0 Å². The highest BCUT2D eigenvalue weighted by Gasteiger charge is 2.30. The first kappa shape index (κ1) is 9.30. The number of aliphatic imine (C=N–C) groups is 1. The molecule has 1 fully saturated rings. The summed E-state index contributed by atoms with van der Waals surface area (Å²) in [6.07, 6.45) is 6.68. The van der Waals surface area contributed by atoms with Crippen LogP contribution in [0, 0.1) is 0 Å². The number of nitrogens with one attached hydrogen (secondary N) is 1. The van der Waals surface area contributed by atoms with Gasteiger partial charge in [0.2, 0.25) is 0 Å². The van der Waals surface area contributed by atoms with Crippen LogP contribution >= 0.6 is 12.6 Å². The van der Waals surface area contributed by atoms with Crippen LogP contribution in [0.15, 0.2) is 27.6 Å². The molecule has 0 radical (unpaired) electrons. The summed E-state index contributed by atoms with van der Waals surface area (Å²) < 4.78 is 0. The molecule has 3 rings (SSSR count). The molecule has 3 aliphatic rings. The zero-order chi connectivity index (χ0) is 10.4. The van der Waals surface area contributed by atoms with Gasteiger partial charge < -0.3 is 0 Å². The maximum absolute atomic E-state index is 4.66. The Hall–Kier alpha value is -0.940. The van der Waals surface area contributed by atoms with Crippen LogP contribution in [0.25, 0.3) is 0 Å². The van der Waals surface area contributed by atoms with E-state index in [2.05, 4.69) is 23.2 Å². The minimum Gasteiger partial charge on any atom is -0.297 e. The zero-order valence-corrected chi connectivity index (χ0v) is 9.59. The summed E-state index contributed by atoms with van der Waals surface area (Å²) in [4.78, 5) is 4.66. The van der Waals surface area contributed by atoms with Gasteiger partial charge in [-0.15, -0.1) is 18.2 Å². The molecule has 0 aromatic carbocycles. The smallest absolute Gasteiger partial charge is 0.167 e. The second-order valence-electron chi connectivity index (χ2n) is 4.10. The van der Waals surface area contributed by atoms with Crippen molar-refractivity contribution in [3.05, 3.63) is 22.6 Å². The van der Waals surface area contributed by atoms with Gasteiger partial charge in [0.1, 0.15) is 0 Å². The molecule has 0 bridgehead atoms. The molecular weight excluding hydrogens is 208 g/mol. The Balaban J connectivity index is 2.04. The Bertz CT molecular complexity index is 396. The predicted octanol–water partition coefficient (Wildman–Crippen LogP) is 1.62. The maximum atomic E-state index is 4.66. The first-order valence-corrected chi connectivity index (χ1v) is 5.71. The van der Waals surface area contributed by atoms with Gasteiger partial charge in [0, 0.05) is 18.3 Å². The minimum atomic E-state index is 0.947. The van der Waals surface area contributed by atoms with E-state index in [0.29, 0.717) is 0 Å². The van der Waals surface area contributed by atoms with Gasteiger partial charge >= 0.3 is 0 Å². The van der Waals surface area contributed by atoms with Crippen LogP contribution in [0.2, 0.25) is 0 Å². The number of fused-ring (bicyclic) bond motifs is 2. The fourth-order valence-corrected chi connectivity index (χ4v) is 2.62. The van der Waals surface area contributed by atoms with E-state index in [-0.39, 0.29) is 0 Å². The van der Waals surface area contributed by atoms with E-state index in [9.17, 15) is 0 Å². The molecule has 1 aliphatic carbocycles. The van der Waals surface area contributed by atoms with E-state index >= 15 is 0 Å². The van der Waals surface area contributed by atoms with Crippen LogP contribution < -0.4 is 5.53 Å². The van der Waals surface area contributed by atoms with Gasteiger partial charge in [0.15, 0.2) is 5.82 Å². The minimum absolute atomic E-state index is 0.947. The van der Waals surface area contributed by atoms with Gasteiger partial charge in [-0.3, -0.25) is 5.01 Å². The Kier molecular flexibility index (Phi) is 2.03. The van der Waals surface area contributed by atoms with E-state index in [1.807, 2.05) is 23.3 Å². The average Bonchev–Trinajstić information content (AvgIpc) is 2.59. The van der Waals surface area contributed by atoms with Crippen molar-refractivity contribution in [2.75, 3.05) is 7.05 Å². The van der Waals surface area contributed by atoms with Crippen molar-refractivity contribution in [1.82, 2.24) is 15.6 Å². The van der Waals surface area contributed by atoms with E-state index in [0.717, 1.165) is 23.7 Å². The van der Waals surface area contributed by atoms with Crippen LogP contribution in [0.4, 0.5) is 0 Å². The quantitative estimate of drug-likeness (QED) is 0.611. The summed E-state index contributed by atoms with van der Waals surface area (Å²) in [6, 6.07) is 0. The van der Waals surface area contributed by atoms with Crippen molar-refractivity contribution in [2.24, 2.45) is 4.99 Å². The van der Waals surface area contributed by atoms with Crippen molar-refractivity contribution in [2.45, 2.75) is 25.7 Å². The lowest BCUT2D eigenvalue weighted by Gasteiger charge is -2.30. The number of hydrogen-bond donors (Lipinski definition) is 2. The first-order chi connectivity index (χ1) is 7.25. The van der Waals surface area contributed by atoms with Crippen LogP contribution in [0.3, 0.4) is 0 Å². The second kappa shape index (κ2) is 3.28. The zero-order valence-electron chi connectivity index (χ0n) is 8.69. The number of nitrogens with zero attached hydrogens (tertiary/aromatic N) is 3. The second-order valence-corrected chi connectivity index (χ2v) is 4.52. The Labute approximate surface area is 94.7 Å². The third-order valence-electron chi connectivity index (χ3n) is 2.97. The Morgan fingerprint density at radius 1 is 1.40 bits per heavy atom. The number of hydrazine groups is 2. The summed E-state index contributed by atoms with van der Waals surface area (Å²) in [7, 11) is 1.96. The van der Waals surface area contributed by atoms with Crippen LogP contribution in [-0.4, -0.2) is 22.8 Å². The molecule has 1 N–H and O–H groups in total. The lowest BCUT2D eigenvalue weighted by Crippen LogP contribution is -2.39. The van der Waals surface area contributed by atoms with E-state index in [1.165, 1.54) is 24.1 Å². The van der Waals surface area contributed by atoms with Gasteiger partial charge in [-0.1, -0.05) is 0 Å². The van der Waals surface area contributed by atoms with Crippen molar-refractivity contribution in [3.63, 3.8) is 0 Å². The number of allylic oxidation sites excluding steroid dienone is 1. The first-order valence-electron chi connectivity index (χ1n) is 5.27. The van der Waals surface area contributed by atoms with Gasteiger partial charge in [0.05, 0.1) is 11.2 Å². The maximum Gasteiger partial charge on any atom is 0.167 e. The van der Waals surface area contributed by atoms with Crippen molar-refractivity contribution >= 4 is 18.3 Å². The molecule has 2 heterocycles. The molecule has 0 unspecified atom stereocenters. The summed E-state index contributed by atoms with van der Waals surface area (Å²) in [5, 5.41) is 4.84. The lowest BCUT2D eigenvalue weighted by atomic mass is 9.92. The molecule has 0 saturated heterocycles. The fraction of sp³-hybridized carbons (Fsp3) is 0.500. The molecule has 0 spiro atoms. The fourth-order valence-electron chi connectivity index (χ4n) is 2.23. The summed E-state index contributed by atoms with van der Waals surface area (Å²) in [6.45, 7) is 0. The molecule has 0 aromatic rings. The van der Waals surface area contributed by atoms with Crippen LogP contribution in [0.5, 0.6) is 0 Å². The van der Waals surface area contributed by atoms with Gasteiger partial charge in [-0.2, -0.15) is 0 Å². The predicted molar refractivity (Wildman–Crippen MR) is 62.7 cm³/mol. The SMILES string of the molecule is CN1C=C2N=C3CCCCC3=C(S)N2N1. The number of rotatable bonds is 0. The monoisotopic (exact) mass is 222 g/mol. The van der Waals surface area contributed by atoms with Gasteiger partial charge in [0.25, 0.3) is 0 Å².